The third kappa shape index (κ3) is 2.91. The Morgan fingerprint density at radius 2 is 2.10 bits per heavy atom. The van der Waals surface area contributed by atoms with Crippen LogP contribution in [0.4, 0.5) is 5.69 Å². The topological polar surface area (TPSA) is 102 Å². The lowest BCUT2D eigenvalue weighted by molar-refractivity contribution is -0.384. The summed E-state index contributed by atoms with van der Waals surface area (Å²) in [6, 6.07) is 12.9. The van der Waals surface area contributed by atoms with E-state index in [-0.39, 0.29) is 17.0 Å². The van der Waals surface area contributed by atoms with Gasteiger partial charge in [0.15, 0.2) is 0 Å². The largest absolute Gasteiger partial charge is 0.456 e. The molecule has 6 heteroatoms. The number of nitriles is 1. The Morgan fingerprint density at radius 3 is 2.75 bits per heavy atom. The number of nitrogens with zero attached hydrogens (tertiary/aromatic N) is 2. The quantitative estimate of drug-likeness (QED) is 0.679. The van der Waals surface area contributed by atoms with Crippen LogP contribution in [-0.2, 0) is 6.54 Å². The number of non-ortho nitro benzene ring substituents is 1. The Kier molecular flexibility index (Phi) is 3.93. The molecule has 2 N–H and O–H groups in total. The van der Waals surface area contributed by atoms with E-state index in [9.17, 15) is 10.1 Å². The van der Waals surface area contributed by atoms with E-state index in [4.69, 9.17) is 15.7 Å². The predicted octanol–water partition coefficient (Wildman–Crippen LogP) is 2.72. The van der Waals surface area contributed by atoms with Crippen LogP contribution in [0.5, 0.6) is 11.5 Å². The van der Waals surface area contributed by atoms with Gasteiger partial charge < -0.3 is 10.5 Å². The maximum Gasteiger partial charge on any atom is 0.271 e. The van der Waals surface area contributed by atoms with Crippen molar-refractivity contribution in [2.75, 3.05) is 0 Å². The van der Waals surface area contributed by atoms with E-state index in [1.54, 1.807) is 18.2 Å². The van der Waals surface area contributed by atoms with Crippen molar-refractivity contribution in [2.24, 2.45) is 5.73 Å². The van der Waals surface area contributed by atoms with Gasteiger partial charge in [-0.15, -0.1) is 0 Å². The molecular weight excluding hydrogens is 258 g/mol. The number of ether oxygens (including phenoxy) is 1. The van der Waals surface area contributed by atoms with Gasteiger partial charge in [0, 0.05) is 18.7 Å². The van der Waals surface area contributed by atoms with Crippen molar-refractivity contribution in [1.29, 1.82) is 5.26 Å². The molecule has 0 unspecified atom stereocenters. The van der Waals surface area contributed by atoms with Gasteiger partial charge >= 0.3 is 0 Å². The molecule has 0 aliphatic carbocycles. The monoisotopic (exact) mass is 269 g/mol. The fourth-order valence-corrected chi connectivity index (χ4v) is 1.67. The van der Waals surface area contributed by atoms with Crippen molar-refractivity contribution in [2.45, 2.75) is 6.54 Å². The molecule has 100 valence electrons. The number of nitrogens with two attached hydrogens (primary N) is 1. The van der Waals surface area contributed by atoms with Crippen LogP contribution in [0.1, 0.15) is 11.1 Å². The Bertz CT molecular complexity index is 692. The van der Waals surface area contributed by atoms with Crippen LogP contribution in [0.3, 0.4) is 0 Å². The van der Waals surface area contributed by atoms with Crippen molar-refractivity contribution < 1.29 is 9.66 Å². The van der Waals surface area contributed by atoms with Crippen LogP contribution in [0, 0.1) is 21.4 Å². The Hall–Kier alpha value is -2.91. The zero-order chi connectivity index (χ0) is 14.5. The summed E-state index contributed by atoms with van der Waals surface area (Å²) in [5.41, 5.74) is 6.39. The molecule has 2 aromatic carbocycles. The zero-order valence-electron chi connectivity index (χ0n) is 10.4. The first-order chi connectivity index (χ1) is 9.63. The van der Waals surface area contributed by atoms with E-state index in [0.717, 1.165) is 5.56 Å². The molecule has 0 saturated heterocycles. The van der Waals surface area contributed by atoms with Crippen LogP contribution < -0.4 is 10.5 Å². The summed E-state index contributed by atoms with van der Waals surface area (Å²) in [6.45, 7) is 0.378. The SMILES string of the molecule is N#Cc1cc([N+](=O)[O-])ccc1Oc1cccc(CN)c1. The molecule has 6 nitrogen and oxygen atoms in total. The number of rotatable bonds is 4. The van der Waals surface area contributed by atoms with E-state index in [0.29, 0.717) is 12.3 Å². The van der Waals surface area contributed by atoms with Crippen molar-refractivity contribution in [1.82, 2.24) is 0 Å². The van der Waals surface area contributed by atoms with Gasteiger partial charge in [-0.2, -0.15) is 5.26 Å². The fourth-order valence-electron chi connectivity index (χ4n) is 1.67. The lowest BCUT2D eigenvalue weighted by Gasteiger charge is -2.08. The number of hydrogen-bond acceptors (Lipinski definition) is 5. The summed E-state index contributed by atoms with van der Waals surface area (Å²) >= 11 is 0. The van der Waals surface area contributed by atoms with E-state index in [1.807, 2.05) is 12.1 Å². The predicted molar refractivity (Wildman–Crippen MR) is 72.2 cm³/mol. The first-order valence-electron chi connectivity index (χ1n) is 5.79. The van der Waals surface area contributed by atoms with Crippen LogP contribution in [0.25, 0.3) is 0 Å². The first kappa shape index (κ1) is 13.5. The minimum absolute atomic E-state index is 0.109. The van der Waals surface area contributed by atoms with Crippen LogP contribution in [-0.4, -0.2) is 4.92 Å². The molecule has 0 bridgehead atoms. The molecular formula is C14H11N3O3. The molecule has 0 amide bonds. The minimum atomic E-state index is -0.556. The zero-order valence-corrected chi connectivity index (χ0v) is 10.4. The molecule has 0 spiro atoms. The second kappa shape index (κ2) is 5.82. The Morgan fingerprint density at radius 1 is 1.30 bits per heavy atom. The molecule has 0 aromatic heterocycles. The third-order valence-corrected chi connectivity index (χ3v) is 2.66. The lowest BCUT2D eigenvalue weighted by atomic mass is 10.2. The van der Waals surface area contributed by atoms with E-state index in [1.165, 1.54) is 18.2 Å². The van der Waals surface area contributed by atoms with Gasteiger partial charge in [0.2, 0.25) is 0 Å². The van der Waals surface area contributed by atoms with Crippen LogP contribution >= 0.6 is 0 Å². The fraction of sp³-hybridized carbons (Fsp3) is 0.0714. The molecule has 0 atom stereocenters. The van der Waals surface area contributed by atoms with Crippen molar-refractivity contribution in [3.05, 3.63) is 63.7 Å². The molecule has 0 heterocycles. The van der Waals surface area contributed by atoms with Crippen molar-refractivity contribution in [3.8, 4) is 17.6 Å². The lowest BCUT2D eigenvalue weighted by Crippen LogP contribution is -1.97. The minimum Gasteiger partial charge on any atom is -0.456 e. The summed E-state index contributed by atoms with van der Waals surface area (Å²) in [5, 5.41) is 19.7. The summed E-state index contributed by atoms with van der Waals surface area (Å²) in [6.07, 6.45) is 0. The number of benzene rings is 2. The molecule has 0 saturated carbocycles. The summed E-state index contributed by atoms with van der Waals surface area (Å²) in [7, 11) is 0. The standard InChI is InChI=1S/C14H11N3O3/c15-8-10-2-1-3-13(6-10)20-14-5-4-12(17(18)19)7-11(14)9-16/h1-7H,8,15H2. The smallest absolute Gasteiger partial charge is 0.271 e. The van der Waals surface area contributed by atoms with Gasteiger partial charge in [0.25, 0.3) is 5.69 Å². The van der Waals surface area contributed by atoms with Gasteiger partial charge in [0.05, 0.1) is 4.92 Å². The van der Waals surface area contributed by atoms with Crippen molar-refractivity contribution in [3.63, 3.8) is 0 Å². The van der Waals surface area contributed by atoms with Crippen LogP contribution in [0.15, 0.2) is 42.5 Å². The highest BCUT2D eigenvalue weighted by molar-refractivity contribution is 5.51. The third-order valence-electron chi connectivity index (χ3n) is 2.66. The van der Waals surface area contributed by atoms with E-state index < -0.39 is 4.92 Å². The molecule has 0 aliphatic heterocycles. The highest BCUT2D eigenvalue weighted by atomic mass is 16.6. The molecule has 0 aliphatic rings. The van der Waals surface area contributed by atoms with Gasteiger partial charge in [0.1, 0.15) is 23.1 Å². The number of nitro benzene ring substituents is 1. The van der Waals surface area contributed by atoms with Gasteiger partial charge in [-0.3, -0.25) is 10.1 Å². The molecule has 0 fully saturated rings. The van der Waals surface area contributed by atoms with Gasteiger partial charge in [-0.05, 0) is 23.8 Å². The van der Waals surface area contributed by atoms with Gasteiger partial charge in [-0.1, -0.05) is 12.1 Å². The average molecular weight is 269 g/mol. The molecule has 20 heavy (non-hydrogen) atoms. The van der Waals surface area contributed by atoms with Crippen molar-refractivity contribution >= 4 is 5.69 Å². The normalized spacial score (nSPS) is 9.80. The maximum absolute atomic E-state index is 10.7. The second-order valence-corrected chi connectivity index (χ2v) is 4.00. The highest BCUT2D eigenvalue weighted by Crippen LogP contribution is 2.28. The summed E-state index contributed by atoms with van der Waals surface area (Å²) < 4.78 is 5.58. The molecule has 2 rings (SSSR count). The maximum atomic E-state index is 10.7. The summed E-state index contributed by atoms with van der Waals surface area (Å²) in [4.78, 5) is 10.1. The Balaban J connectivity index is 2.33. The van der Waals surface area contributed by atoms with E-state index in [2.05, 4.69) is 0 Å². The Labute approximate surface area is 115 Å². The van der Waals surface area contributed by atoms with Gasteiger partial charge in [-0.25, -0.2) is 0 Å². The number of nitro groups is 1. The second-order valence-electron chi connectivity index (χ2n) is 4.00. The number of hydrogen-bond donors (Lipinski definition) is 1. The summed E-state index contributed by atoms with van der Waals surface area (Å²) in [5.74, 6) is 0.797. The average Bonchev–Trinajstić information content (AvgIpc) is 2.47. The van der Waals surface area contributed by atoms with E-state index >= 15 is 0 Å². The van der Waals surface area contributed by atoms with Crippen LogP contribution in [0.2, 0.25) is 0 Å². The highest BCUT2D eigenvalue weighted by Gasteiger charge is 2.12. The first-order valence-corrected chi connectivity index (χ1v) is 5.79. The molecule has 2 aromatic rings. The molecule has 0 radical (unpaired) electrons.